The van der Waals surface area contributed by atoms with Gasteiger partial charge in [0, 0.05) is 25.9 Å². The topological polar surface area (TPSA) is 290 Å². The summed E-state index contributed by atoms with van der Waals surface area (Å²) >= 11 is 0. The van der Waals surface area contributed by atoms with Gasteiger partial charge in [-0.1, -0.05) is 6.42 Å². The van der Waals surface area contributed by atoms with E-state index in [2.05, 4.69) is 31.6 Å². The van der Waals surface area contributed by atoms with Crippen LogP contribution in [0, 0.1) is 0 Å². The summed E-state index contributed by atoms with van der Waals surface area (Å²) in [6.07, 6.45) is 0.940. The van der Waals surface area contributed by atoms with E-state index in [1.807, 2.05) is 0 Å². The van der Waals surface area contributed by atoms with Crippen molar-refractivity contribution in [3.8, 4) is 0 Å². The summed E-state index contributed by atoms with van der Waals surface area (Å²) in [7, 11) is 0. The number of carboxylic acid groups (broad SMARTS) is 1. The summed E-state index contributed by atoms with van der Waals surface area (Å²) in [4.78, 5) is 89.6. The Labute approximate surface area is 230 Å². The normalized spacial score (nSPS) is 22.1. The van der Waals surface area contributed by atoms with Crippen LogP contribution in [-0.4, -0.2) is 90.2 Å². The van der Waals surface area contributed by atoms with Crippen molar-refractivity contribution in [1.82, 2.24) is 26.6 Å². The molecule has 224 valence electrons. The van der Waals surface area contributed by atoms with Crippen LogP contribution in [0.15, 0.2) is 4.99 Å². The third kappa shape index (κ3) is 14.5. The van der Waals surface area contributed by atoms with Gasteiger partial charge in [-0.2, -0.15) is 0 Å². The summed E-state index contributed by atoms with van der Waals surface area (Å²) in [6.45, 7) is -0.219. The van der Waals surface area contributed by atoms with Crippen LogP contribution >= 0.6 is 0 Å². The van der Waals surface area contributed by atoms with Crippen LogP contribution in [0.25, 0.3) is 0 Å². The first-order valence-electron chi connectivity index (χ1n) is 12.9. The van der Waals surface area contributed by atoms with E-state index in [1.165, 1.54) is 0 Å². The lowest BCUT2D eigenvalue weighted by Gasteiger charge is -2.22. The Kier molecular flexibility index (Phi) is 15.1. The molecule has 17 heteroatoms. The van der Waals surface area contributed by atoms with E-state index in [-0.39, 0.29) is 44.7 Å². The van der Waals surface area contributed by atoms with E-state index in [4.69, 9.17) is 17.2 Å². The Morgan fingerprint density at radius 2 is 1.45 bits per heavy atom. The molecule has 1 aliphatic rings. The van der Waals surface area contributed by atoms with Crippen LogP contribution in [0.5, 0.6) is 0 Å². The number of carbonyl (C=O) groups excluding carboxylic acids is 6. The van der Waals surface area contributed by atoms with E-state index in [0.29, 0.717) is 25.7 Å². The summed E-state index contributed by atoms with van der Waals surface area (Å²) in [5.74, 6) is -5.81. The van der Waals surface area contributed by atoms with Gasteiger partial charge >= 0.3 is 5.97 Å². The van der Waals surface area contributed by atoms with Crippen molar-refractivity contribution in [2.75, 3.05) is 19.6 Å². The second-order valence-electron chi connectivity index (χ2n) is 9.17. The van der Waals surface area contributed by atoms with Gasteiger partial charge in [0.25, 0.3) is 0 Å². The average Bonchev–Trinajstić information content (AvgIpc) is 2.87. The maximum absolute atomic E-state index is 12.8. The summed E-state index contributed by atoms with van der Waals surface area (Å²) in [6, 6.07) is -3.82. The molecule has 1 rings (SSSR count). The highest BCUT2D eigenvalue weighted by Gasteiger charge is 2.29. The van der Waals surface area contributed by atoms with Crippen molar-refractivity contribution in [1.29, 1.82) is 0 Å². The number of amides is 6. The lowest BCUT2D eigenvalue weighted by Crippen LogP contribution is -2.56. The second-order valence-corrected chi connectivity index (χ2v) is 9.17. The number of nitrogens with zero attached hydrogens (tertiary/aromatic N) is 1. The first-order chi connectivity index (χ1) is 18.9. The van der Waals surface area contributed by atoms with E-state index >= 15 is 0 Å². The van der Waals surface area contributed by atoms with Crippen LogP contribution in [0.3, 0.4) is 0 Å². The SMILES string of the molecule is NC(=O)CC[C@@H]1NC(=O)[C@H](CC(=O)O)NC(=O)CNC(=O)[C@H](CCCN=C(N)N)NC(=O)CCCCCNC1=O. The molecule has 1 fully saturated rings. The van der Waals surface area contributed by atoms with E-state index < -0.39 is 72.5 Å². The highest BCUT2D eigenvalue weighted by molar-refractivity contribution is 5.95. The Bertz CT molecular complexity index is 968. The van der Waals surface area contributed by atoms with Crippen LogP contribution < -0.4 is 43.8 Å². The fourth-order valence-electron chi connectivity index (χ4n) is 3.71. The first-order valence-corrected chi connectivity index (χ1v) is 12.9. The monoisotopic (exact) mass is 569 g/mol. The molecule has 1 aliphatic heterocycles. The number of aliphatic carboxylic acids is 1. The number of aliphatic imine (C=N–C) groups is 1. The number of primary amides is 1. The molecular formula is C23H39N9O8. The number of nitrogens with one attached hydrogen (secondary N) is 5. The molecule has 0 aromatic heterocycles. The van der Waals surface area contributed by atoms with E-state index in [0.717, 1.165) is 0 Å². The Morgan fingerprint density at radius 1 is 0.800 bits per heavy atom. The van der Waals surface area contributed by atoms with Gasteiger partial charge in [0.05, 0.1) is 13.0 Å². The van der Waals surface area contributed by atoms with Gasteiger partial charge in [0.15, 0.2) is 5.96 Å². The molecular weight excluding hydrogens is 530 g/mol. The average molecular weight is 570 g/mol. The number of rotatable bonds is 9. The highest BCUT2D eigenvalue weighted by Crippen LogP contribution is 2.05. The van der Waals surface area contributed by atoms with Gasteiger partial charge in [0.2, 0.25) is 35.4 Å². The van der Waals surface area contributed by atoms with Crippen LogP contribution in [-0.2, 0) is 33.6 Å². The van der Waals surface area contributed by atoms with Gasteiger partial charge in [0.1, 0.15) is 18.1 Å². The predicted molar refractivity (Wildman–Crippen MR) is 141 cm³/mol. The molecule has 17 nitrogen and oxygen atoms in total. The number of hydrogen-bond donors (Lipinski definition) is 9. The molecule has 0 aliphatic carbocycles. The van der Waals surface area contributed by atoms with Crippen LogP contribution in [0.1, 0.15) is 57.8 Å². The molecule has 0 aromatic carbocycles. The lowest BCUT2D eigenvalue weighted by molar-refractivity contribution is -0.141. The summed E-state index contributed by atoms with van der Waals surface area (Å²) in [5.41, 5.74) is 15.8. The third-order valence-electron chi connectivity index (χ3n) is 5.74. The number of hydrogen-bond acceptors (Lipinski definition) is 8. The van der Waals surface area contributed by atoms with Crippen molar-refractivity contribution in [2.24, 2.45) is 22.2 Å². The molecule has 0 saturated carbocycles. The Morgan fingerprint density at radius 3 is 2.10 bits per heavy atom. The second kappa shape index (κ2) is 18.0. The predicted octanol–water partition coefficient (Wildman–Crippen LogP) is -3.96. The maximum atomic E-state index is 12.8. The molecule has 0 radical (unpaired) electrons. The molecule has 0 unspecified atom stereocenters. The number of guanidine groups is 1. The minimum absolute atomic E-state index is 0.111. The minimum Gasteiger partial charge on any atom is -0.481 e. The highest BCUT2D eigenvalue weighted by atomic mass is 16.4. The zero-order valence-corrected chi connectivity index (χ0v) is 22.2. The third-order valence-corrected chi connectivity index (χ3v) is 5.74. The van der Waals surface area contributed by atoms with E-state index in [1.54, 1.807) is 0 Å². The molecule has 6 amide bonds. The Hall–Kier alpha value is -4.44. The molecule has 0 bridgehead atoms. The maximum Gasteiger partial charge on any atom is 0.305 e. The summed E-state index contributed by atoms with van der Waals surface area (Å²) in [5, 5.41) is 21.4. The Balaban J connectivity index is 3.07. The molecule has 0 aromatic rings. The molecule has 0 spiro atoms. The van der Waals surface area contributed by atoms with Crippen LogP contribution in [0.4, 0.5) is 0 Å². The first kappa shape index (κ1) is 33.6. The molecule has 1 saturated heterocycles. The molecule has 1 heterocycles. The molecule has 40 heavy (non-hydrogen) atoms. The number of carbonyl (C=O) groups is 7. The molecule has 12 N–H and O–H groups in total. The molecule has 3 atom stereocenters. The minimum atomic E-state index is -1.59. The van der Waals surface area contributed by atoms with Gasteiger partial charge in [-0.15, -0.1) is 0 Å². The fraction of sp³-hybridized carbons (Fsp3) is 0.652. The van der Waals surface area contributed by atoms with Crippen molar-refractivity contribution in [3.05, 3.63) is 0 Å². The van der Waals surface area contributed by atoms with Crippen molar-refractivity contribution < 1.29 is 38.7 Å². The quantitative estimate of drug-likeness (QED) is 0.0737. The van der Waals surface area contributed by atoms with Gasteiger partial charge in [-0.3, -0.25) is 38.6 Å². The van der Waals surface area contributed by atoms with Crippen molar-refractivity contribution >= 4 is 47.4 Å². The number of nitrogens with two attached hydrogens (primary N) is 3. The fourth-order valence-corrected chi connectivity index (χ4v) is 3.71. The van der Waals surface area contributed by atoms with Gasteiger partial charge < -0.3 is 48.9 Å². The van der Waals surface area contributed by atoms with Crippen molar-refractivity contribution in [3.63, 3.8) is 0 Å². The smallest absolute Gasteiger partial charge is 0.305 e. The number of carboxylic acids is 1. The largest absolute Gasteiger partial charge is 0.481 e. The van der Waals surface area contributed by atoms with Gasteiger partial charge in [-0.05, 0) is 32.1 Å². The standard InChI is InChI=1S/C23H39N9O8/c24-16(33)8-7-14-20(38)27-9-3-1-2-6-17(34)30-13(5-4-10-28-23(25)26)21(39)29-12-18(35)31-15(11-19(36)37)22(40)32-14/h13-15H,1-12H2,(H2,24,33)(H,27,38)(H,29,39)(H,30,34)(H,31,35)(H,32,40)(H,36,37)(H4,25,26,28)/t13-,14-,15-/m0/s1. The van der Waals surface area contributed by atoms with Gasteiger partial charge in [-0.25, -0.2) is 0 Å². The summed E-state index contributed by atoms with van der Waals surface area (Å²) < 4.78 is 0. The zero-order chi connectivity index (χ0) is 30.1. The van der Waals surface area contributed by atoms with Crippen molar-refractivity contribution in [2.45, 2.75) is 75.9 Å². The van der Waals surface area contributed by atoms with E-state index in [9.17, 15) is 38.7 Å². The lowest BCUT2D eigenvalue weighted by atomic mass is 10.1. The zero-order valence-electron chi connectivity index (χ0n) is 22.2. The van der Waals surface area contributed by atoms with Crippen LogP contribution in [0.2, 0.25) is 0 Å².